The smallest absolute Gasteiger partial charge is 0.303 e. The molecule has 0 saturated heterocycles. The van der Waals surface area contributed by atoms with Gasteiger partial charge in [-0.1, -0.05) is 12.8 Å². The van der Waals surface area contributed by atoms with Gasteiger partial charge in [0.05, 0.1) is 6.61 Å². The first-order chi connectivity index (χ1) is 7.18. The third-order valence-electron chi connectivity index (χ3n) is 3.18. The molecule has 88 valence electrons. The van der Waals surface area contributed by atoms with Crippen molar-refractivity contribution in [3.05, 3.63) is 0 Å². The van der Waals surface area contributed by atoms with Crippen molar-refractivity contribution in [3.8, 4) is 0 Å². The fourth-order valence-electron chi connectivity index (χ4n) is 2.20. The predicted octanol–water partition coefficient (Wildman–Crippen LogP) is 1.14. The lowest BCUT2D eigenvalue weighted by Crippen LogP contribution is -2.46. The van der Waals surface area contributed by atoms with Gasteiger partial charge in [-0.3, -0.25) is 4.79 Å². The molecule has 4 heteroatoms. The van der Waals surface area contributed by atoms with Gasteiger partial charge in [0.2, 0.25) is 0 Å². The molecule has 1 aliphatic rings. The Bertz CT molecular complexity index is 200. The maximum Gasteiger partial charge on any atom is 0.303 e. The van der Waals surface area contributed by atoms with E-state index < -0.39 is 5.97 Å². The van der Waals surface area contributed by atoms with E-state index in [0.717, 1.165) is 25.8 Å². The minimum Gasteiger partial charge on any atom is -0.481 e. The second kappa shape index (κ2) is 6.08. The van der Waals surface area contributed by atoms with Crippen molar-refractivity contribution in [2.24, 2.45) is 0 Å². The van der Waals surface area contributed by atoms with Crippen LogP contribution in [0.25, 0.3) is 0 Å². The lowest BCUT2D eigenvalue weighted by atomic mass is 9.99. The molecular formula is C11H21NO3. The van der Waals surface area contributed by atoms with Crippen LogP contribution in [0.15, 0.2) is 0 Å². The zero-order chi connectivity index (χ0) is 11.1. The van der Waals surface area contributed by atoms with Gasteiger partial charge in [0, 0.05) is 12.0 Å². The maximum absolute atomic E-state index is 10.3. The Hall–Kier alpha value is -0.610. The van der Waals surface area contributed by atoms with Crippen LogP contribution < -0.4 is 5.32 Å². The van der Waals surface area contributed by atoms with Crippen LogP contribution in [0.4, 0.5) is 0 Å². The minimum atomic E-state index is -0.729. The van der Waals surface area contributed by atoms with E-state index in [1.54, 1.807) is 0 Å². The SMILES string of the molecule is O=C(O)CCCCNC1(CO)CCCC1. The molecule has 0 aromatic heterocycles. The molecular weight excluding hydrogens is 194 g/mol. The summed E-state index contributed by atoms with van der Waals surface area (Å²) < 4.78 is 0. The van der Waals surface area contributed by atoms with Crippen molar-refractivity contribution in [2.45, 2.75) is 50.5 Å². The third kappa shape index (κ3) is 4.18. The fraction of sp³-hybridized carbons (Fsp3) is 0.909. The average Bonchev–Trinajstić information content (AvgIpc) is 2.66. The van der Waals surface area contributed by atoms with Crippen LogP contribution in [0.1, 0.15) is 44.9 Å². The van der Waals surface area contributed by atoms with Crippen LogP contribution in [-0.4, -0.2) is 34.9 Å². The first-order valence-corrected chi connectivity index (χ1v) is 5.76. The highest BCUT2D eigenvalue weighted by atomic mass is 16.4. The van der Waals surface area contributed by atoms with Crippen molar-refractivity contribution in [3.63, 3.8) is 0 Å². The van der Waals surface area contributed by atoms with Gasteiger partial charge < -0.3 is 15.5 Å². The van der Waals surface area contributed by atoms with Crippen LogP contribution in [0.3, 0.4) is 0 Å². The molecule has 3 N–H and O–H groups in total. The molecule has 0 unspecified atom stereocenters. The zero-order valence-corrected chi connectivity index (χ0v) is 9.17. The summed E-state index contributed by atoms with van der Waals surface area (Å²) in [6.45, 7) is 1.01. The van der Waals surface area contributed by atoms with Crippen molar-refractivity contribution in [2.75, 3.05) is 13.2 Å². The lowest BCUT2D eigenvalue weighted by molar-refractivity contribution is -0.137. The van der Waals surface area contributed by atoms with Crippen molar-refractivity contribution >= 4 is 5.97 Å². The summed E-state index contributed by atoms with van der Waals surface area (Å²) in [6, 6.07) is 0. The van der Waals surface area contributed by atoms with Gasteiger partial charge in [-0.05, 0) is 32.2 Å². The van der Waals surface area contributed by atoms with Gasteiger partial charge in [-0.15, -0.1) is 0 Å². The van der Waals surface area contributed by atoms with Crippen LogP contribution >= 0.6 is 0 Å². The van der Waals surface area contributed by atoms with Gasteiger partial charge in [0.25, 0.3) is 0 Å². The Morgan fingerprint density at radius 1 is 1.27 bits per heavy atom. The Morgan fingerprint density at radius 3 is 2.47 bits per heavy atom. The largest absolute Gasteiger partial charge is 0.481 e. The highest BCUT2D eigenvalue weighted by Crippen LogP contribution is 2.28. The van der Waals surface area contributed by atoms with E-state index in [0.29, 0.717) is 6.42 Å². The molecule has 0 aromatic carbocycles. The first kappa shape index (κ1) is 12.5. The maximum atomic E-state index is 10.3. The summed E-state index contributed by atoms with van der Waals surface area (Å²) in [5, 5.41) is 21.1. The number of aliphatic carboxylic acids is 1. The van der Waals surface area contributed by atoms with Crippen LogP contribution in [0.5, 0.6) is 0 Å². The van der Waals surface area contributed by atoms with E-state index in [9.17, 15) is 9.90 Å². The second-order valence-electron chi connectivity index (χ2n) is 4.42. The van der Waals surface area contributed by atoms with Gasteiger partial charge in [-0.2, -0.15) is 0 Å². The van der Waals surface area contributed by atoms with Crippen molar-refractivity contribution in [1.82, 2.24) is 5.32 Å². The molecule has 0 radical (unpaired) electrons. The molecule has 1 saturated carbocycles. The molecule has 0 aromatic rings. The quantitative estimate of drug-likeness (QED) is 0.557. The fourth-order valence-corrected chi connectivity index (χ4v) is 2.20. The normalized spacial score (nSPS) is 19.3. The van der Waals surface area contributed by atoms with E-state index in [1.165, 1.54) is 12.8 Å². The zero-order valence-electron chi connectivity index (χ0n) is 9.17. The van der Waals surface area contributed by atoms with Gasteiger partial charge >= 0.3 is 5.97 Å². The number of rotatable bonds is 7. The molecule has 0 heterocycles. The standard InChI is InChI=1S/C11H21NO3/c13-9-11(6-2-3-7-11)12-8-4-1-5-10(14)15/h12-13H,1-9H2,(H,14,15). The molecule has 0 bridgehead atoms. The summed E-state index contributed by atoms with van der Waals surface area (Å²) in [4.78, 5) is 10.3. The van der Waals surface area contributed by atoms with Crippen LogP contribution in [-0.2, 0) is 4.79 Å². The van der Waals surface area contributed by atoms with Crippen LogP contribution in [0, 0.1) is 0 Å². The summed E-state index contributed by atoms with van der Waals surface area (Å²) in [5.41, 5.74) is -0.0662. The molecule has 4 nitrogen and oxygen atoms in total. The molecule has 15 heavy (non-hydrogen) atoms. The Labute approximate surface area is 90.7 Å². The molecule has 1 rings (SSSR count). The summed E-state index contributed by atoms with van der Waals surface area (Å²) in [6.07, 6.45) is 6.28. The molecule has 0 aliphatic heterocycles. The van der Waals surface area contributed by atoms with Gasteiger partial charge in [0.15, 0.2) is 0 Å². The molecule has 0 spiro atoms. The topological polar surface area (TPSA) is 69.6 Å². The van der Waals surface area contributed by atoms with Gasteiger partial charge in [-0.25, -0.2) is 0 Å². The number of aliphatic hydroxyl groups is 1. The highest BCUT2D eigenvalue weighted by Gasteiger charge is 2.31. The monoisotopic (exact) mass is 215 g/mol. The number of carboxylic acid groups (broad SMARTS) is 1. The molecule has 1 fully saturated rings. The van der Waals surface area contributed by atoms with Gasteiger partial charge in [0.1, 0.15) is 0 Å². The second-order valence-corrected chi connectivity index (χ2v) is 4.42. The lowest BCUT2D eigenvalue weighted by Gasteiger charge is -2.28. The molecule has 0 amide bonds. The Balaban J connectivity index is 2.10. The predicted molar refractivity (Wildman–Crippen MR) is 57.8 cm³/mol. The van der Waals surface area contributed by atoms with Crippen molar-refractivity contribution in [1.29, 1.82) is 0 Å². The number of carboxylic acids is 1. The summed E-state index contributed by atoms with van der Waals surface area (Å²) in [5.74, 6) is -0.729. The highest BCUT2D eigenvalue weighted by molar-refractivity contribution is 5.66. The van der Waals surface area contributed by atoms with Crippen LogP contribution in [0.2, 0.25) is 0 Å². The molecule has 1 aliphatic carbocycles. The minimum absolute atomic E-state index is 0.0662. The number of aliphatic hydroxyl groups excluding tert-OH is 1. The van der Waals surface area contributed by atoms with E-state index in [1.807, 2.05) is 0 Å². The Kier molecular flexibility index (Phi) is 5.05. The number of hydrogen-bond donors (Lipinski definition) is 3. The van der Waals surface area contributed by atoms with E-state index in [-0.39, 0.29) is 18.6 Å². The summed E-state index contributed by atoms with van der Waals surface area (Å²) in [7, 11) is 0. The Morgan fingerprint density at radius 2 is 1.93 bits per heavy atom. The van der Waals surface area contributed by atoms with E-state index in [4.69, 9.17) is 5.11 Å². The van der Waals surface area contributed by atoms with Crippen molar-refractivity contribution < 1.29 is 15.0 Å². The number of unbranched alkanes of at least 4 members (excludes halogenated alkanes) is 1. The number of nitrogens with one attached hydrogen (secondary N) is 1. The number of hydrogen-bond acceptors (Lipinski definition) is 3. The molecule has 0 atom stereocenters. The van der Waals surface area contributed by atoms with E-state index in [2.05, 4.69) is 5.32 Å². The summed E-state index contributed by atoms with van der Waals surface area (Å²) >= 11 is 0. The number of carbonyl (C=O) groups is 1. The third-order valence-corrected chi connectivity index (χ3v) is 3.18. The average molecular weight is 215 g/mol. The van der Waals surface area contributed by atoms with E-state index >= 15 is 0 Å². The first-order valence-electron chi connectivity index (χ1n) is 5.76.